The molecule has 2 nitrogen and oxygen atoms in total. The number of fused-ring (bicyclic) bond motifs is 1. The van der Waals surface area contributed by atoms with Gasteiger partial charge in [0, 0.05) is 24.3 Å². The lowest BCUT2D eigenvalue weighted by Gasteiger charge is -2.27. The minimum absolute atomic E-state index is 0.461. The number of piperidine rings is 1. The lowest BCUT2D eigenvalue weighted by Crippen LogP contribution is -2.27. The lowest BCUT2D eigenvalue weighted by atomic mass is 9.87. The first-order chi connectivity index (χ1) is 9.50. The van der Waals surface area contributed by atoms with Crippen molar-refractivity contribution in [1.29, 1.82) is 0 Å². The lowest BCUT2D eigenvalue weighted by molar-refractivity contribution is 0.112. The molecule has 2 unspecified atom stereocenters. The average molecular weight is 273 g/mol. The number of benzene rings is 1. The molecule has 110 valence electrons. The van der Waals surface area contributed by atoms with Crippen molar-refractivity contribution in [3.63, 3.8) is 0 Å². The van der Waals surface area contributed by atoms with Crippen LogP contribution in [0.4, 0.5) is 5.69 Å². The van der Waals surface area contributed by atoms with E-state index in [4.69, 9.17) is 0 Å². The fraction of sp³-hybridized carbons (Fsp3) is 0.611. The number of carbonyl (C=O) groups excluding carboxylic acids is 1. The Labute approximate surface area is 123 Å². The molecule has 20 heavy (non-hydrogen) atoms. The normalized spacial score (nSPS) is 27.4. The third kappa shape index (κ3) is 2.74. The summed E-state index contributed by atoms with van der Waals surface area (Å²) in [4.78, 5) is 13.1. The molecule has 0 N–H and O–H groups in total. The van der Waals surface area contributed by atoms with Crippen LogP contribution in [0.1, 0.15) is 45.0 Å². The molecule has 1 aliphatic heterocycles. The smallest absolute Gasteiger partial charge is 0.150 e. The van der Waals surface area contributed by atoms with Gasteiger partial charge in [-0.05, 0) is 47.4 Å². The maximum absolute atomic E-state index is 10.6. The van der Waals surface area contributed by atoms with Crippen LogP contribution in [0.15, 0.2) is 24.3 Å². The Morgan fingerprint density at radius 3 is 1.95 bits per heavy atom. The number of aldehydes is 1. The van der Waals surface area contributed by atoms with E-state index in [1.807, 2.05) is 26.0 Å². The van der Waals surface area contributed by atoms with Crippen molar-refractivity contribution >= 4 is 12.0 Å². The molecule has 2 atom stereocenters. The summed E-state index contributed by atoms with van der Waals surface area (Å²) in [5, 5.41) is 0. The van der Waals surface area contributed by atoms with E-state index in [2.05, 4.69) is 37.8 Å². The standard InChI is InChI=1S/C16H21NO.C2H6/c1-16(2,3)15-13-8-17(9-14(13)15)12-6-4-11(10-18)5-7-12;1-2/h4-7,10,13-15H,8-9H2,1-3H3;1-2H3. The van der Waals surface area contributed by atoms with E-state index in [1.54, 1.807) is 0 Å². The Hall–Kier alpha value is -1.31. The molecule has 2 aliphatic rings. The van der Waals surface area contributed by atoms with E-state index in [0.717, 1.165) is 29.6 Å². The monoisotopic (exact) mass is 273 g/mol. The zero-order valence-electron chi connectivity index (χ0n) is 13.4. The SMILES string of the molecule is CC.CC(C)(C)C1C2CN(c3ccc(C=O)cc3)CC21. The highest BCUT2D eigenvalue weighted by atomic mass is 16.1. The third-order valence-electron chi connectivity index (χ3n) is 4.59. The molecule has 0 spiro atoms. The summed E-state index contributed by atoms with van der Waals surface area (Å²) >= 11 is 0. The summed E-state index contributed by atoms with van der Waals surface area (Å²) in [5.41, 5.74) is 2.49. The molecule has 3 rings (SSSR count). The molecule has 0 aromatic heterocycles. The summed E-state index contributed by atoms with van der Waals surface area (Å²) in [5.74, 6) is 2.68. The quantitative estimate of drug-likeness (QED) is 0.751. The van der Waals surface area contributed by atoms with E-state index in [-0.39, 0.29) is 0 Å². The van der Waals surface area contributed by atoms with Crippen molar-refractivity contribution in [3.05, 3.63) is 29.8 Å². The maximum atomic E-state index is 10.6. The zero-order chi connectivity index (χ0) is 14.9. The number of hydrogen-bond donors (Lipinski definition) is 0. The van der Waals surface area contributed by atoms with E-state index in [0.29, 0.717) is 5.41 Å². The summed E-state index contributed by atoms with van der Waals surface area (Å²) in [6.45, 7) is 13.5. The fourth-order valence-corrected chi connectivity index (χ4v) is 3.79. The molecule has 1 saturated carbocycles. The molecule has 1 heterocycles. The van der Waals surface area contributed by atoms with Crippen LogP contribution >= 0.6 is 0 Å². The Morgan fingerprint density at radius 1 is 1.05 bits per heavy atom. The van der Waals surface area contributed by atoms with Crippen molar-refractivity contribution in [3.8, 4) is 0 Å². The van der Waals surface area contributed by atoms with Gasteiger partial charge in [-0.3, -0.25) is 4.79 Å². The highest BCUT2D eigenvalue weighted by molar-refractivity contribution is 5.75. The van der Waals surface area contributed by atoms with E-state index < -0.39 is 0 Å². The Balaban J connectivity index is 0.000000704. The molecular weight excluding hydrogens is 246 g/mol. The predicted octanol–water partition coefficient (Wildman–Crippen LogP) is 4.25. The number of carbonyl (C=O) groups is 1. The molecule has 2 fully saturated rings. The summed E-state index contributed by atoms with van der Waals surface area (Å²) in [7, 11) is 0. The topological polar surface area (TPSA) is 20.3 Å². The molecular formula is C18H27NO. The van der Waals surface area contributed by atoms with Gasteiger partial charge in [-0.1, -0.05) is 34.6 Å². The van der Waals surface area contributed by atoms with Crippen LogP contribution in [0, 0.1) is 23.2 Å². The molecule has 1 aromatic rings. The first-order valence-corrected chi connectivity index (χ1v) is 7.81. The van der Waals surface area contributed by atoms with Crippen LogP contribution in [0.5, 0.6) is 0 Å². The van der Waals surface area contributed by atoms with Gasteiger partial charge in [0.15, 0.2) is 0 Å². The number of anilines is 1. The maximum Gasteiger partial charge on any atom is 0.150 e. The Bertz CT molecular complexity index is 445. The molecule has 0 radical (unpaired) electrons. The molecule has 2 heteroatoms. The summed E-state index contributed by atoms with van der Waals surface area (Å²) < 4.78 is 0. The van der Waals surface area contributed by atoms with Crippen molar-refractivity contribution in [1.82, 2.24) is 0 Å². The van der Waals surface area contributed by atoms with E-state index in [1.165, 1.54) is 18.8 Å². The zero-order valence-corrected chi connectivity index (χ0v) is 13.4. The van der Waals surface area contributed by atoms with Gasteiger partial charge in [-0.15, -0.1) is 0 Å². The van der Waals surface area contributed by atoms with Crippen molar-refractivity contribution < 1.29 is 4.79 Å². The Morgan fingerprint density at radius 2 is 1.55 bits per heavy atom. The van der Waals surface area contributed by atoms with Crippen LogP contribution in [-0.2, 0) is 0 Å². The van der Waals surface area contributed by atoms with Crippen LogP contribution in [-0.4, -0.2) is 19.4 Å². The number of nitrogens with zero attached hydrogens (tertiary/aromatic N) is 1. The number of rotatable bonds is 2. The minimum atomic E-state index is 0.461. The number of hydrogen-bond acceptors (Lipinski definition) is 2. The van der Waals surface area contributed by atoms with Gasteiger partial charge in [0.25, 0.3) is 0 Å². The largest absolute Gasteiger partial charge is 0.371 e. The van der Waals surface area contributed by atoms with Gasteiger partial charge in [0.05, 0.1) is 0 Å². The van der Waals surface area contributed by atoms with Gasteiger partial charge in [-0.2, -0.15) is 0 Å². The van der Waals surface area contributed by atoms with Crippen LogP contribution in [0.2, 0.25) is 0 Å². The van der Waals surface area contributed by atoms with Crippen molar-refractivity contribution in [2.75, 3.05) is 18.0 Å². The average Bonchev–Trinajstić information content (AvgIpc) is 2.99. The van der Waals surface area contributed by atoms with E-state index >= 15 is 0 Å². The molecule has 0 amide bonds. The third-order valence-corrected chi connectivity index (χ3v) is 4.59. The van der Waals surface area contributed by atoms with Gasteiger partial charge < -0.3 is 4.90 Å². The summed E-state index contributed by atoms with van der Waals surface area (Å²) in [6.07, 6.45) is 0.904. The van der Waals surface area contributed by atoms with Gasteiger partial charge in [0.1, 0.15) is 6.29 Å². The van der Waals surface area contributed by atoms with E-state index in [9.17, 15) is 4.79 Å². The second-order valence-corrected chi connectivity index (χ2v) is 6.83. The van der Waals surface area contributed by atoms with Gasteiger partial charge in [-0.25, -0.2) is 0 Å². The molecule has 1 aromatic carbocycles. The Kier molecular flexibility index (Phi) is 4.22. The van der Waals surface area contributed by atoms with Crippen LogP contribution in [0.3, 0.4) is 0 Å². The molecule has 1 aliphatic carbocycles. The first-order valence-electron chi connectivity index (χ1n) is 7.81. The highest BCUT2D eigenvalue weighted by Crippen LogP contribution is 2.60. The van der Waals surface area contributed by atoms with Crippen molar-refractivity contribution in [2.24, 2.45) is 23.2 Å². The van der Waals surface area contributed by atoms with Crippen LogP contribution < -0.4 is 4.90 Å². The van der Waals surface area contributed by atoms with Gasteiger partial charge in [0.2, 0.25) is 0 Å². The van der Waals surface area contributed by atoms with Crippen LogP contribution in [0.25, 0.3) is 0 Å². The molecule has 0 bridgehead atoms. The van der Waals surface area contributed by atoms with Gasteiger partial charge >= 0.3 is 0 Å². The minimum Gasteiger partial charge on any atom is -0.371 e. The highest BCUT2D eigenvalue weighted by Gasteiger charge is 2.59. The second-order valence-electron chi connectivity index (χ2n) is 6.83. The second kappa shape index (κ2) is 5.59. The fourth-order valence-electron chi connectivity index (χ4n) is 3.79. The van der Waals surface area contributed by atoms with Crippen molar-refractivity contribution in [2.45, 2.75) is 34.6 Å². The predicted molar refractivity (Wildman–Crippen MR) is 85.3 cm³/mol. The molecule has 1 saturated heterocycles. The summed E-state index contributed by atoms with van der Waals surface area (Å²) in [6, 6.07) is 7.96. The first kappa shape index (κ1) is 15.1.